The molecule has 0 fully saturated rings. The number of thiophene rings is 1. The molecular weight excluding hydrogens is 406 g/mol. The summed E-state index contributed by atoms with van der Waals surface area (Å²) in [6.07, 6.45) is 0. The first kappa shape index (κ1) is 19.1. The fourth-order valence-electron chi connectivity index (χ4n) is 2.04. The van der Waals surface area contributed by atoms with Crippen LogP contribution in [0.3, 0.4) is 0 Å². The minimum Gasteiger partial charge on any atom is -0.340 e. The third-order valence-electron chi connectivity index (χ3n) is 3.35. The molecule has 3 amide bonds. The molecule has 0 spiro atoms. The van der Waals surface area contributed by atoms with Crippen molar-refractivity contribution < 1.29 is 14.4 Å². The van der Waals surface area contributed by atoms with Crippen LogP contribution in [-0.2, 0) is 9.59 Å². The molecule has 2 aromatic rings. The predicted octanol–water partition coefficient (Wildman–Crippen LogP) is 3.53. The van der Waals surface area contributed by atoms with Crippen molar-refractivity contribution in [3.05, 3.63) is 44.6 Å². The van der Waals surface area contributed by atoms with Crippen molar-refractivity contribution >= 4 is 56.4 Å². The average molecular weight is 424 g/mol. The van der Waals surface area contributed by atoms with Gasteiger partial charge in [0.15, 0.2) is 0 Å². The predicted molar refractivity (Wildman–Crippen MR) is 103 cm³/mol. The maximum Gasteiger partial charge on any atom is 0.262 e. The third kappa shape index (κ3) is 5.40. The lowest BCUT2D eigenvalue weighted by Gasteiger charge is -2.15. The van der Waals surface area contributed by atoms with E-state index in [4.69, 9.17) is 0 Å². The standard InChI is InChI=1S/C17H18BrN3O3S/c1-9-4-5-12(8-13(9)20-11(3)22)21-16(23)10(2)19-17(24)14-6-7-15(18)25-14/h4-8,10H,1-3H3,(H,19,24)(H,20,22)(H,21,23). The van der Waals surface area contributed by atoms with Crippen LogP contribution in [0.15, 0.2) is 34.1 Å². The van der Waals surface area contributed by atoms with Gasteiger partial charge in [-0.05, 0) is 59.6 Å². The van der Waals surface area contributed by atoms with Gasteiger partial charge in [-0.3, -0.25) is 14.4 Å². The van der Waals surface area contributed by atoms with E-state index in [0.29, 0.717) is 16.3 Å². The molecule has 0 aliphatic carbocycles. The van der Waals surface area contributed by atoms with Crippen LogP contribution in [0.25, 0.3) is 0 Å². The van der Waals surface area contributed by atoms with E-state index < -0.39 is 6.04 Å². The first-order valence-electron chi connectivity index (χ1n) is 7.51. The molecule has 1 aromatic carbocycles. The summed E-state index contributed by atoms with van der Waals surface area (Å²) in [5.74, 6) is -0.836. The molecule has 0 saturated carbocycles. The van der Waals surface area contributed by atoms with Crippen LogP contribution in [0.4, 0.5) is 11.4 Å². The second-order valence-electron chi connectivity index (χ2n) is 5.50. The number of benzene rings is 1. The molecule has 1 heterocycles. The van der Waals surface area contributed by atoms with E-state index in [1.807, 2.05) is 6.92 Å². The molecule has 1 atom stereocenters. The fraction of sp³-hybridized carbons (Fsp3) is 0.235. The molecule has 3 N–H and O–H groups in total. The highest BCUT2D eigenvalue weighted by Crippen LogP contribution is 2.22. The number of amides is 3. The molecule has 0 saturated heterocycles. The highest BCUT2D eigenvalue weighted by Gasteiger charge is 2.18. The van der Waals surface area contributed by atoms with Gasteiger partial charge in [0.25, 0.3) is 5.91 Å². The topological polar surface area (TPSA) is 87.3 Å². The number of hydrogen-bond acceptors (Lipinski definition) is 4. The van der Waals surface area contributed by atoms with Crippen molar-refractivity contribution in [3.63, 3.8) is 0 Å². The summed E-state index contributed by atoms with van der Waals surface area (Å²) in [5, 5.41) is 8.10. The average Bonchev–Trinajstić information content (AvgIpc) is 2.96. The van der Waals surface area contributed by atoms with E-state index in [9.17, 15) is 14.4 Å². The molecule has 0 aliphatic heterocycles. The molecule has 0 aliphatic rings. The first-order valence-corrected chi connectivity index (χ1v) is 9.12. The van der Waals surface area contributed by atoms with Gasteiger partial charge in [0, 0.05) is 18.3 Å². The van der Waals surface area contributed by atoms with Crippen LogP contribution in [-0.4, -0.2) is 23.8 Å². The second-order valence-corrected chi connectivity index (χ2v) is 7.96. The maximum absolute atomic E-state index is 12.3. The van der Waals surface area contributed by atoms with E-state index in [-0.39, 0.29) is 17.7 Å². The van der Waals surface area contributed by atoms with E-state index in [2.05, 4.69) is 31.9 Å². The summed E-state index contributed by atoms with van der Waals surface area (Å²) in [6.45, 7) is 4.89. The van der Waals surface area contributed by atoms with Gasteiger partial charge in [0.05, 0.1) is 8.66 Å². The van der Waals surface area contributed by atoms with Crippen LogP contribution >= 0.6 is 27.3 Å². The summed E-state index contributed by atoms with van der Waals surface area (Å²) in [4.78, 5) is 36.1. The van der Waals surface area contributed by atoms with E-state index in [1.165, 1.54) is 18.3 Å². The smallest absolute Gasteiger partial charge is 0.262 e. The van der Waals surface area contributed by atoms with Crippen molar-refractivity contribution in [3.8, 4) is 0 Å². The molecule has 0 bridgehead atoms. The Kier molecular flexibility index (Phi) is 6.33. The SMILES string of the molecule is CC(=O)Nc1cc(NC(=O)C(C)NC(=O)c2ccc(Br)s2)ccc1C. The molecule has 1 unspecified atom stereocenters. The van der Waals surface area contributed by atoms with Gasteiger partial charge in [-0.1, -0.05) is 6.07 Å². The van der Waals surface area contributed by atoms with Crippen molar-refractivity contribution in [2.45, 2.75) is 26.8 Å². The van der Waals surface area contributed by atoms with Crippen molar-refractivity contribution in [2.24, 2.45) is 0 Å². The number of rotatable bonds is 5. The summed E-state index contributed by atoms with van der Waals surface area (Å²) < 4.78 is 0.847. The zero-order valence-corrected chi connectivity index (χ0v) is 16.4. The minimum absolute atomic E-state index is 0.186. The Hall–Kier alpha value is -2.19. The molecule has 6 nitrogen and oxygen atoms in total. The zero-order valence-electron chi connectivity index (χ0n) is 14.0. The quantitative estimate of drug-likeness (QED) is 0.686. The summed E-state index contributed by atoms with van der Waals surface area (Å²) >= 11 is 4.59. The molecule has 1 aromatic heterocycles. The Morgan fingerprint density at radius 2 is 1.84 bits per heavy atom. The van der Waals surface area contributed by atoms with E-state index in [0.717, 1.165) is 9.35 Å². The first-order chi connectivity index (χ1) is 11.8. The van der Waals surface area contributed by atoms with Crippen molar-refractivity contribution in [2.75, 3.05) is 10.6 Å². The third-order valence-corrected chi connectivity index (χ3v) is 4.98. The highest BCUT2D eigenvalue weighted by molar-refractivity contribution is 9.11. The van der Waals surface area contributed by atoms with Crippen LogP contribution < -0.4 is 16.0 Å². The van der Waals surface area contributed by atoms with Crippen LogP contribution in [0.5, 0.6) is 0 Å². The number of carbonyl (C=O) groups is 3. The number of anilines is 2. The van der Waals surface area contributed by atoms with Crippen LogP contribution in [0, 0.1) is 6.92 Å². The van der Waals surface area contributed by atoms with Gasteiger partial charge in [-0.25, -0.2) is 0 Å². The Morgan fingerprint density at radius 3 is 2.44 bits per heavy atom. The Labute approximate surface area is 158 Å². The van der Waals surface area contributed by atoms with Gasteiger partial charge in [-0.2, -0.15) is 0 Å². The summed E-state index contributed by atoms with van der Waals surface area (Å²) in [6, 6.07) is 7.98. The fourth-order valence-corrected chi connectivity index (χ4v) is 3.33. The van der Waals surface area contributed by atoms with Crippen molar-refractivity contribution in [1.82, 2.24) is 5.32 Å². The van der Waals surface area contributed by atoms with E-state index >= 15 is 0 Å². The maximum atomic E-state index is 12.3. The lowest BCUT2D eigenvalue weighted by molar-refractivity contribution is -0.117. The Morgan fingerprint density at radius 1 is 1.12 bits per heavy atom. The summed E-state index contributed by atoms with van der Waals surface area (Å²) in [5.41, 5.74) is 2.06. The number of nitrogens with one attached hydrogen (secondary N) is 3. The van der Waals surface area contributed by atoms with Crippen LogP contribution in [0.2, 0.25) is 0 Å². The van der Waals surface area contributed by atoms with Gasteiger partial charge >= 0.3 is 0 Å². The Bertz CT molecular complexity index is 819. The molecule has 0 radical (unpaired) electrons. The highest BCUT2D eigenvalue weighted by atomic mass is 79.9. The number of carbonyl (C=O) groups excluding carboxylic acids is 3. The molecule has 8 heteroatoms. The zero-order chi connectivity index (χ0) is 18.6. The van der Waals surface area contributed by atoms with E-state index in [1.54, 1.807) is 37.3 Å². The summed E-state index contributed by atoms with van der Waals surface area (Å²) in [7, 11) is 0. The molecular formula is C17H18BrN3O3S. The van der Waals surface area contributed by atoms with Crippen molar-refractivity contribution in [1.29, 1.82) is 0 Å². The van der Waals surface area contributed by atoms with Gasteiger partial charge in [0.2, 0.25) is 11.8 Å². The lowest BCUT2D eigenvalue weighted by atomic mass is 10.1. The minimum atomic E-state index is -0.709. The normalized spacial score (nSPS) is 11.5. The second kappa shape index (κ2) is 8.26. The largest absolute Gasteiger partial charge is 0.340 e. The molecule has 25 heavy (non-hydrogen) atoms. The number of aryl methyl sites for hydroxylation is 1. The van der Waals surface area contributed by atoms with Gasteiger partial charge < -0.3 is 16.0 Å². The lowest BCUT2D eigenvalue weighted by Crippen LogP contribution is -2.41. The number of halogens is 1. The molecule has 2 rings (SSSR count). The number of hydrogen-bond donors (Lipinski definition) is 3. The molecule has 132 valence electrons. The van der Waals surface area contributed by atoms with Gasteiger partial charge in [-0.15, -0.1) is 11.3 Å². The van der Waals surface area contributed by atoms with Crippen LogP contribution in [0.1, 0.15) is 29.1 Å². The van der Waals surface area contributed by atoms with Gasteiger partial charge in [0.1, 0.15) is 6.04 Å². The monoisotopic (exact) mass is 423 g/mol. The Balaban J connectivity index is 2.01.